The van der Waals surface area contributed by atoms with Gasteiger partial charge >= 0.3 is 11.4 Å². The molecule has 16 heavy (non-hydrogen) atoms. The molecule has 0 saturated heterocycles. The molecule has 1 saturated carbocycles. The van der Waals surface area contributed by atoms with Crippen LogP contribution in [0.5, 0.6) is 0 Å². The molecule has 0 amide bonds. The number of carbonyl (C=O) groups is 1. The minimum atomic E-state index is -3.70. The van der Waals surface area contributed by atoms with E-state index in [0.29, 0.717) is 0 Å². The van der Waals surface area contributed by atoms with Crippen molar-refractivity contribution in [2.24, 2.45) is 11.3 Å². The SMILES string of the molecule is CC1(C)C(C=C(Cl)C(F)(F)Cl)C1(Cl)C(=O)O. The highest BCUT2D eigenvalue weighted by molar-refractivity contribution is 6.39. The van der Waals surface area contributed by atoms with Crippen molar-refractivity contribution in [3.05, 3.63) is 11.1 Å². The van der Waals surface area contributed by atoms with Crippen LogP contribution in [0.4, 0.5) is 8.78 Å². The minimum absolute atomic E-state index is 0.781. The van der Waals surface area contributed by atoms with E-state index in [9.17, 15) is 13.6 Å². The second kappa shape index (κ2) is 3.72. The normalized spacial score (nSPS) is 33.7. The lowest BCUT2D eigenvalue weighted by atomic mass is 10.1. The molecule has 2 nitrogen and oxygen atoms in total. The third-order valence-corrected chi connectivity index (χ3v) is 4.50. The zero-order valence-corrected chi connectivity index (χ0v) is 10.7. The first-order valence-corrected chi connectivity index (χ1v) is 5.46. The molecular weight excluding hydrogens is 284 g/mol. The summed E-state index contributed by atoms with van der Waals surface area (Å²) in [5.41, 5.74) is -0.845. The van der Waals surface area contributed by atoms with Crippen molar-refractivity contribution < 1.29 is 18.7 Å². The molecule has 0 radical (unpaired) electrons. The molecule has 0 bridgehead atoms. The third-order valence-electron chi connectivity index (χ3n) is 2.96. The van der Waals surface area contributed by atoms with Crippen molar-refractivity contribution >= 4 is 40.8 Å². The number of rotatable bonds is 3. The van der Waals surface area contributed by atoms with Gasteiger partial charge in [0.1, 0.15) is 0 Å². The largest absolute Gasteiger partial charge is 0.480 e. The highest BCUT2D eigenvalue weighted by Gasteiger charge is 2.75. The molecule has 1 rings (SSSR count). The fourth-order valence-corrected chi connectivity index (χ4v) is 2.31. The van der Waals surface area contributed by atoms with E-state index in [0.717, 1.165) is 6.08 Å². The maximum Gasteiger partial charge on any atom is 0.358 e. The van der Waals surface area contributed by atoms with Gasteiger partial charge < -0.3 is 5.11 Å². The Labute approximate surface area is 106 Å². The van der Waals surface area contributed by atoms with E-state index in [2.05, 4.69) is 0 Å². The van der Waals surface area contributed by atoms with Gasteiger partial charge in [0.25, 0.3) is 0 Å². The molecule has 0 heterocycles. The summed E-state index contributed by atoms with van der Waals surface area (Å²) in [6, 6.07) is 0. The number of aliphatic carboxylic acids is 1. The molecule has 1 aliphatic rings. The quantitative estimate of drug-likeness (QED) is 0.806. The molecule has 0 aromatic heterocycles. The van der Waals surface area contributed by atoms with Crippen LogP contribution >= 0.6 is 34.8 Å². The summed E-state index contributed by atoms with van der Waals surface area (Å²) < 4.78 is 25.2. The minimum Gasteiger partial charge on any atom is -0.480 e. The smallest absolute Gasteiger partial charge is 0.358 e. The zero-order chi connectivity index (χ0) is 12.9. The van der Waals surface area contributed by atoms with Gasteiger partial charge in [0.2, 0.25) is 0 Å². The summed E-state index contributed by atoms with van der Waals surface area (Å²) in [7, 11) is 0. The number of alkyl halides is 4. The summed E-state index contributed by atoms with van der Waals surface area (Å²) in [6.07, 6.45) is 0.912. The van der Waals surface area contributed by atoms with Crippen molar-refractivity contribution in [3.8, 4) is 0 Å². The summed E-state index contributed by atoms with van der Waals surface area (Å²) >= 11 is 15.8. The predicted molar refractivity (Wildman–Crippen MR) is 58.2 cm³/mol. The lowest BCUT2D eigenvalue weighted by molar-refractivity contribution is -0.138. The van der Waals surface area contributed by atoms with E-state index < -0.39 is 32.6 Å². The predicted octanol–water partition coefficient (Wildman–Crippen LogP) is 3.66. The van der Waals surface area contributed by atoms with Gasteiger partial charge in [-0.25, -0.2) is 0 Å². The number of carboxylic acid groups (broad SMARTS) is 1. The molecule has 2 unspecified atom stereocenters. The van der Waals surface area contributed by atoms with Crippen molar-refractivity contribution in [1.82, 2.24) is 0 Å². The Kier molecular flexibility index (Phi) is 3.25. The van der Waals surface area contributed by atoms with Gasteiger partial charge in [-0.1, -0.05) is 31.5 Å². The molecule has 2 atom stereocenters. The molecule has 0 spiro atoms. The lowest BCUT2D eigenvalue weighted by Crippen LogP contribution is -2.21. The van der Waals surface area contributed by atoms with Crippen molar-refractivity contribution in [1.29, 1.82) is 0 Å². The maximum absolute atomic E-state index is 12.6. The van der Waals surface area contributed by atoms with Crippen molar-refractivity contribution in [2.45, 2.75) is 24.1 Å². The standard InChI is InChI=1S/C9H9Cl3F2O2/c1-7(2)4(8(7,11)6(15)16)3-5(10)9(12,13)14/h3-4H,1-2H3,(H,15,16). The van der Waals surface area contributed by atoms with Crippen molar-refractivity contribution in [2.75, 3.05) is 0 Å². The lowest BCUT2D eigenvalue weighted by Gasteiger charge is -2.05. The molecule has 0 aromatic carbocycles. The average molecular weight is 294 g/mol. The molecule has 7 heteroatoms. The van der Waals surface area contributed by atoms with E-state index in [4.69, 9.17) is 39.9 Å². The Morgan fingerprint density at radius 3 is 2.19 bits per heavy atom. The number of carboxylic acids is 1. The van der Waals surface area contributed by atoms with E-state index in [1.165, 1.54) is 0 Å². The highest BCUT2D eigenvalue weighted by atomic mass is 35.5. The van der Waals surface area contributed by atoms with E-state index in [1.807, 2.05) is 0 Å². The van der Waals surface area contributed by atoms with E-state index in [-0.39, 0.29) is 0 Å². The summed E-state index contributed by atoms with van der Waals surface area (Å²) in [6.45, 7) is 3.12. The first kappa shape index (κ1) is 14.0. The second-order valence-corrected chi connectivity index (χ2v) is 5.71. The fraction of sp³-hybridized carbons (Fsp3) is 0.667. The van der Waals surface area contributed by atoms with Crippen LogP contribution in [-0.4, -0.2) is 21.3 Å². The molecule has 92 valence electrons. The van der Waals surface area contributed by atoms with Gasteiger partial charge in [0, 0.05) is 11.3 Å². The number of halogens is 5. The number of hydrogen-bond donors (Lipinski definition) is 1. The van der Waals surface area contributed by atoms with E-state index >= 15 is 0 Å². The van der Waals surface area contributed by atoms with Gasteiger partial charge in [-0.2, -0.15) is 8.78 Å². The van der Waals surface area contributed by atoms with Crippen LogP contribution in [0.25, 0.3) is 0 Å². The number of hydrogen-bond acceptors (Lipinski definition) is 1. The van der Waals surface area contributed by atoms with Crippen LogP contribution in [0, 0.1) is 11.3 Å². The Balaban J connectivity index is 3.00. The summed E-state index contributed by atoms with van der Waals surface area (Å²) in [5.74, 6) is -2.04. The molecule has 0 aromatic rings. The summed E-state index contributed by atoms with van der Waals surface area (Å²) in [5, 5.41) is 4.31. The topological polar surface area (TPSA) is 37.3 Å². The maximum atomic E-state index is 12.6. The highest BCUT2D eigenvalue weighted by Crippen LogP contribution is 2.67. The average Bonchev–Trinajstić information content (AvgIpc) is 2.49. The van der Waals surface area contributed by atoms with E-state index in [1.54, 1.807) is 13.8 Å². The van der Waals surface area contributed by atoms with Gasteiger partial charge in [-0.05, 0) is 11.6 Å². The van der Waals surface area contributed by atoms with Crippen LogP contribution in [-0.2, 0) is 4.79 Å². The van der Waals surface area contributed by atoms with Crippen LogP contribution < -0.4 is 0 Å². The zero-order valence-electron chi connectivity index (χ0n) is 8.40. The first-order valence-electron chi connectivity index (χ1n) is 4.32. The van der Waals surface area contributed by atoms with Gasteiger partial charge in [-0.3, -0.25) is 4.79 Å². The van der Waals surface area contributed by atoms with Crippen molar-refractivity contribution in [3.63, 3.8) is 0 Å². The Hall–Kier alpha value is -0.0600. The fourth-order valence-electron chi connectivity index (χ4n) is 1.72. The number of allylic oxidation sites excluding steroid dienone is 2. The molecular formula is C9H9Cl3F2O2. The van der Waals surface area contributed by atoms with Gasteiger partial charge in [0.15, 0.2) is 4.87 Å². The molecule has 1 aliphatic carbocycles. The Bertz CT molecular complexity index is 362. The molecule has 1 fully saturated rings. The monoisotopic (exact) mass is 292 g/mol. The van der Waals surface area contributed by atoms with Crippen LogP contribution in [0.3, 0.4) is 0 Å². The Morgan fingerprint density at radius 2 is 1.94 bits per heavy atom. The summed E-state index contributed by atoms with van der Waals surface area (Å²) in [4.78, 5) is 9.31. The van der Waals surface area contributed by atoms with Crippen LogP contribution in [0.15, 0.2) is 11.1 Å². The van der Waals surface area contributed by atoms with Gasteiger partial charge in [-0.15, -0.1) is 11.6 Å². The second-order valence-electron chi connectivity index (χ2n) is 4.23. The molecule has 0 aliphatic heterocycles. The van der Waals surface area contributed by atoms with Gasteiger partial charge in [0.05, 0.1) is 5.03 Å². The van der Waals surface area contributed by atoms with Crippen LogP contribution in [0.2, 0.25) is 0 Å². The van der Waals surface area contributed by atoms with Crippen LogP contribution in [0.1, 0.15) is 13.8 Å². The third kappa shape index (κ3) is 1.91. The first-order chi connectivity index (χ1) is 6.95. The Morgan fingerprint density at radius 1 is 1.50 bits per heavy atom. The molecule has 1 N–H and O–H groups in total.